The first-order chi connectivity index (χ1) is 7.39. The smallest absolute Gasteiger partial charge is 0.317 e. The van der Waals surface area contributed by atoms with Crippen LogP contribution in [0.1, 0.15) is 19.8 Å². The fraction of sp³-hybridized carbons (Fsp3) is 0.778. The number of rotatable bonds is 9. The largest absolute Gasteiger partial charge is 0.480 e. The summed E-state index contributed by atoms with van der Waals surface area (Å²) < 4.78 is 0. The molecule has 1 atom stereocenters. The fourth-order valence-corrected chi connectivity index (χ4v) is 1.27. The summed E-state index contributed by atoms with van der Waals surface area (Å²) in [4.78, 5) is 20.6. The molecule has 0 radical (unpaired) electrons. The molecule has 7 nitrogen and oxygen atoms in total. The van der Waals surface area contributed by atoms with E-state index < -0.39 is 17.7 Å². The highest BCUT2D eigenvalue weighted by Gasteiger charge is 2.25. The van der Waals surface area contributed by atoms with Crippen LogP contribution in [0.2, 0.25) is 0 Å². The Morgan fingerprint density at radius 3 is 2.19 bits per heavy atom. The number of aliphatic hydroxyl groups is 1. The van der Waals surface area contributed by atoms with Crippen molar-refractivity contribution < 1.29 is 24.9 Å². The van der Waals surface area contributed by atoms with Crippen LogP contribution in [0.4, 0.5) is 0 Å². The number of aliphatic carboxylic acids is 2. The van der Waals surface area contributed by atoms with Crippen LogP contribution >= 0.6 is 0 Å². The molecule has 0 bridgehead atoms. The van der Waals surface area contributed by atoms with Gasteiger partial charge in [-0.05, 0) is 6.42 Å². The van der Waals surface area contributed by atoms with E-state index in [0.29, 0.717) is 12.8 Å². The van der Waals surface area contributed by atoms with Crippen molar-refractivity contribution in [2.75, 3.05) is 19.6 Å². The highest BCUT2D eigenvalue weighted by molar-refractivity contribution is 5.69. The first-order valence-electron chi connectivity index (χ1n) is 5.01. The predicted molar refractivity (Wildman–Crippen MR) is 56.0 cm³/mol. The van der Waals surface area contributed by atoms with Gasteiger partial charge in [-0.3, -0.25) is 14.9 Å². The van der Waals surface area contributed by atoms with Crippen molar-refractivity contribution in [1.29, 1.82) is 0 Å². The van der Waals surface area contributed by atoms with Gasteiger partial charge in [0.05, 0.1) is 13.1 Å². The second-order valence-electron chi connectivity index (χ2n) is 3.53. The molecule has 0 fully saturated rings. The number of carboxylic acids is 2. The Bertz CT molecular complexity index is 246. The number of carboxylic acid groups (broad SMARTS) is 2. The molecular weight excluding hydrogens is 216 g/mol. The standard InChI is InChI=1S/C9H18N2O5/c1-2-3-9(16,11-5-8(14)15)6-10-4-7(12)13/h10-11,16H,2-6H2,1H3,(H,12,13)(H,14,15). The van der Waals surface area contributed by atoms with Crippen LogP contribution in [0.5, 0.6) is 0 Å². The van der Waals surface area contributed by atoms with Gasteiger partial charge in [-0.1, -0.05) is 13.3 Å². The Balaban J connectivity index is 4.09. The quantitative estimate of drug-likeness (QED) is 0.319. The molecule has 0 rings (SSSR count). The van der Waals surface area contributed by atoms with Crippen molar-refractivity contribution in [2.45, 2.75) is 25.5 Å². The lowest BCUT2D eigenvalue weighted by molar-refractivity contribution is -0.139. The van der Waals surface area contributed by atoms with Crippen molar-refractivity contribution in [3.8, 4) is 0 Å². The molecule has 0 aliphatic carbocycles. The van der Waals surface area contributed by atoms with E-state index in [4.69, 9.17) is 10.2 Å². The molecule has 0 aromatic carbocycles. The average Bonchev–Trinajstić information content (AvgIpc) is 2.15. The number of carbonyl (C=O) groups is 2. The maximum absolute atomic E-state index is 10.3. The molecule has 16 heavy (non-hydrogen) atoms. The summed E-state index contributed by atoms with van der Waals surface area (Å²) in [6.45, 7) is 1.18. The Morgan fingerprint density at radius 2 is 1.75 bits per heavy atom. The molecule has 0 aliphatic heterocycles. The van der Waals surface area contributed by atoms with E-state index in [1.54, 1.807) is 0 Å². The minimum Gasteiger partial charge on any atom is -0.480 e. The lowest BCUT2D eigenvalue weighted by Gasteiger charge is -2.28. The summed E-state index contributed by atoms with van der Waals surface area (Å²) in [6, 6.07) is 0. The molecule has 0 amide bonds. The molecule has 0 aromatic heterocycles. The summed E-state index contributed by atoms with van der Waals surface area (Å²) in [5, 5.41) is 31.8. The van der Waals surface area contributed by atoms with E-state index >= 15 is 0 Å². The molecule has 7 heteroatoms. The topological polar surface area (TPSA) is 119 Å². The zero-order valence-corrected chi connectivity index (χ0v) is 9.19. The second kappa shape index (κ2) is 7.15. The normalized spacial score (nSPS) is 14.4. The van der Waals surface area contributed by atoms with Gasteiger partial charge in [0.15, 0.2) is 0 Å². The van der Waals surface area contributed by atoms with Crippen LogP contribution in [0.3, 0.4) is 0 Å². The summed E-state index contributed by atoms with van der Waals surface area (Å²) in [7, 11) is 0. The Kier molecular flexibility index (Phi) is 6.63. The molecule has 94 valence electrons. The first kappa shape index (κ1) is 14.8. The van der Waals surface area contributed by atoms with E-state index in [0.717, 1.165) is 0 Å². The Morgan fingerprint density at radius 1 is 1.19 bits per heavy atom. The van der Waals surface area contributed by atoms with Crippen LogP contribution in [-0.4, -0.2) is 52.6 Å². The minimum absolute atomic E-state index is 0.0135. The van der Waals surface area contributed by atoms with Crippen LogP contribution in [0.15, 0.2) is 0 Å². The SMILES string of the molecule is CCCC(O)(CNCC(=O)O)NCC(=O)O. The van der Waals surface area contributed by atoms with Gasteiger partial charge in [0.1, 0.15) is 5.72 Å². The van der Waals surface area contributed by atoms with Gasteiger partial charge in [-0.2, -0.15) is 0 Å². The number of hydrogen-bond acceptors (Lipinski definition) is 5. The lowest BCUT2D eigenvalue weighted by atomic mass is 10.1. The van der Waals surface area contributed by atoms with Gasteiger partial charge in [-0.25, -0.2) is 0 Å². The van der Waals surface area contributed by atoms with Crippen LogP contribution in [0, 0.1) is 0 Å². The Hall–Kier alpha value is -1.18. The molecule has 0 aliphatic rings. The van der Waals surface area contributed by atoms with Crippen LogP contribution in [-0.2, 0) is 9.59 Å². The van der Waals surface area contributed by atoms with Gasteiger partial charge < -0.3 is 20.6 Å². The summed E-state index contributed by atoms with van der Waals surface area (Å²) >= 11 is 0. The zero-order chi connectivity index (χ0) is 12.6. The van der Waals surface area contributed by atoms with E-state index in [-0.39, 0.29) is 19.6 Å². The van der Waals surface area contributed by atoms with Crippen molar-refractivity contribution in [2.24, 2.45) is 0 Å². The van der Waals surface area contributed by atoms with E-state index in [9.17, 15) is 14.7 Å². The molecule has 5 N–H and O–H groups in total. The predicted octanol–water partition coefficient (Wildman–Crippen LogP) is -1.18. The van der Waals surface area contributed by atoms with Gasteiger partial charge >= 0.3 is 11.9 Å². The molecule has 0 spiro atoms. The Labute approximate surface area is 93.5 Å². The molecule has 0 heterocycles. The summed E-state index contributed by atoms with van der Waals surface area (Å²) in [6.07, 6.45) is 0.991. The number of nitrogens with one attached hydrogen (secondary N) is 2. The number of hydrogen-bond donors (Lipinski definition) is 5. The minimum atomic E-state index is -1.39. The summed E-state index contributed by atoms with van der Waals surface area (Å²) in [5.41, 5.74) is -1.39. The van der Waals surface area contributed by atoms with Crippen LogP contribution < -0.4 is 10.6 Å². The second-order valence-corrected chi connectivity index (χ2v) is 3.53. The molecular formula is C9H18N2O5. The highest BCUT2D eigenvalue weighted by atomic mass is 16.4. The van der Waals surface area contributed by atoms with Gasteiger partial charge in [0.25, 0.3) is 0 Å². The van der Waals surface area contributed by atoms with E-state index in [2.05, 4.69) is 10.6 Å². The van der Waals surface area contributed by atoms with Gasteiger partial charge in [0, 0.05) is 6.54 Å². The van der Waals surface area contributed by atoms with Crippen molar-refractivity contribution in [1.82, 2.24) is 10.6 Å². The molecule has 0 saturated heterocycles. The van der Waals surface area contributed by atoms with Gasteiger partial charge in [0.2, 0.25) is 0 Å². The molecule has 1 unspecified atom stereocenters. The third-order valence-corrected chi connectivity index (χ3v) is 1.93. The monoisotopic (exact) mass is 234 g/mol. The van der Waals surface area contributed by atoms with Gasteiger partial charge in [-0.15, -0.1) is 0 Å². The van der Waals surface area contributed by atoms with Crippen molar-refractivity contribution >= 4 is 11.9 Å². The molecule has 0 aromatic rings. The average molecular weight is 234 g/mol. The lowest BCUT2D eigenvalue weighted by Crippen LogP contribution is -2.54. The molecule has 0 saturated carbocycles. The van der Waals surface area contributed by atoms with Crippen molar-refractivity contribution in [3.63, 3.8) is 0 Å². The fourth-order valence-electron chi connectivity index (χ4n) is 1.27. The highest BCUT2D eigenvalue weighted by Crippen LogP contribution is 2.07. The maximum Gasteiger partial charge on any atom is 0.317 e. The van der Waals surface area contributed by atoms with E-state index in [1.807, 2.05) is 6.92 Å². The third kappa shape index (κ3) is 7.16. The summed E-state index contributed by atoms with van der Waals surface area (Å²) in [5.74, 6) is -2.11. The van der Waals surface area contributed by atoms with Crippen molar-refractivity contribution in [3.05, 3.63) is 0 Å². The van der Waals surface area contributed by atoms with E-state index in [1.165, 1.54) is 0 Å². The third-order valence-electron chi connectivity index (χ3n) is 1.93. The van der Waals surface area contributed by atoms with Crippen LogP contribution in [0.25, 0.3) is 0 Å². The maximum atomic E-state index is 10.3. The zero-order valence-electron chi connectivity index (χ0n) is 9.19. The first-order valence-corrected chi connectivity index (χ1v) is 5.01.